The molecule has 1 amide bonds. The first-order chi connectivity index (χ1) is 11.7. The molecule has 0 aromatic heterocycles. The van der Waals surface area contributed by atoms with Crippen LogP contribution < -0.4 is 10.5 Å². The molecule has 1 unspecified atom stereocenters. The number of benzene rings is 1. The van der Waals surface area contributed by atoms with Crippen LogP contribution in [0.25, 0.3) is 0 Å². The van der Waals surface area contributed by atoms with Gasteiger partial charge in [-0.25, -0.2) is 0 Å². The molecular formula is C18H30N2O5. The monoisotopic (exact) mass is 354 g/mol. The van der Waals surface area contributed by atoms with Gasteiger partial charge in [-0.2, -0.15) is 0 Å². The maximum atomic E-state index is 12.6. The fraction of sp³-hybridized carbons (Fsp3) is 0.556. The highest BCUT2D eigenvalue weighted by atomic mass is 16.5. The quantitative estimate of drug-likeness (QED) is 0.739. The van der Waals surface area contributed by atoms with Gasteiger partial charge in [0.2, 0.25) is 0 Å². The molecule has 1 aromatic rings. The number of nitrogens with zero attached hydrogens (tertiary/aromatic N) is 1. The van der Waals surface area contributed by atoms with E-state index in [4.69, 9.17) is 25.1 Å². The Bertz CT molecular complexity index is 544. The number of ether oxygens (including phenoxy) is 2. The van der Waals surface area contributed by atoms with Crippen molar-refractivity contribution in [3.8, 4) is 5.75 Å². The average Bonchev–Trinajstić information content (AvgIpc) is 2.52. The molecule has 7 heteroatoms. The summed E-state index contributed by atoms with van der Waals surface area (Å²) >= 11 is 0. The van der Waals surface area contributed by atoms with Gasteiger partial charge in [0, 0.05) is 33.7 Å². The number of carbonyl (C=O) groups excluding carboxylic acids is 1. The molecule has 0 radical (unpaired) electrons. The largest absolute Gasteiger partial charge is 0.491 e. The van der Waals surface area contributed by atoms with E-state index in [1.54, 1.807) is 11.9 Å². The highest BCUT2D eigenvalue weighted by Crippen LogP contribution is 2.21. The first-order valence-corrected chi connectivity index (χ1v) is 8.23. The number of rotatable bonds is 8. The molecule has 25 heavy (non-hydrogen) atoms. The maximum Gasteiger partial charge on any atom is 0.300 e. The summed E-state index contributed by atoms with van der Waals surface area (Å²) < 4.78 is 11.0. The molecule has 0 aliphatic heterocycles. The summed E-state index contributed by atoms with van der Waals surface area (Å²) in [5.41, 5.74) is 7.04. The zero-order chi connectivity index (χ0) is 19.4. The third kappa shape index (κ3) is 9.69. The van der Waals surface area contributed by atoms with Gasteiger partial charge in [0.15, 0.2) is 0 Å². The van der Waals surface area contributed by atoms with Crippen LogP contribution in [0.3, 0.4) is 0 Å². The number of carbonyl (C=O) groups is 2. The van der Waals surface area contributed by atoms with E-state index in [-0.39, 0.29) is 12.0 Å². The summed E-state index contributed by atoms with van der Waals surface area (Å²) in [5, 5.41) is 7.42. The van der Waals surface area contributed by atoms with Gasteiger partial charge in [-0.15, -0.1) is 0 Å². The van der Waals surface area contributed by atoms with Crippen LogP contribution in [0.1, 0.15) is 36.7 Å². The Morgan fingerprint density at radius 3 is 2.48 bits per heavy atom. The van der Waals surface area contributed by atoms with Crippen LogP contribution in [0, 0.1) is 6.92 Å². The van der Waals surface area contributed by atoms with Crippen molar-refractivity contribution < 1.29 is 24.2 Å². The van der Waals surface area contributed by atoms with E-state index in [1.165, 1.54) is 0 Å². The fourth-order valence-corrected chi connectivity index (χ4v) is 2.12. The van der Waals surface area contributed by atoms with Gasteiger partial charge < -0.3 is 25.2 Å². The smallest absolute Gasteiger partial charge is 0.300 e. The fourth-order valence-electron chi connectivity index (χ4n) is 2.12. The Morgan fingerprint density at radius 1 is 1.36 bits per heavy atom. The second-order valence-electron chi connectivity index (χ2n) is 5.61. The third-order valence-corrected chi connectivity index (χ3v) is 3.07. The number of nitrogens with two attached hydrogens (primary N) is 1. The number of aryl methyl sites for hydroxylation is 1. The lowest BCUT2D eigenvalue weighted by molar-refractivity contribution is -0.134. The van der Waals surface area contributed by atoms with Crippen molar-refractivity contribution in [1.82, 2.24) is 4.90 Å². The molecule has 142 valence electrons. The molecule has 3 N–H and O–H groups in total. The number of carboxylic acids is 1. The Kier molecular flexibility index (Phi) is 11.2. The maximum absolute atomic E-state index is 12.6. The topological polar surface area (TPSA) is 102 Å². The van der Waals surface area contributed by atoms with E-state index in [2.05, 4.69) is 0 Å². The molecule has 0 heterocycles. The number of hydrogen-bond donors (Lipinski definition) is 2. The van der Waals surface area contributed by atoms with Crippen LogP contribution >= 0.6 is 0 Å². The van der Waals surface area contributed by atoms with E-state index in [0.29, 0.717) is 37.6 Å². The van der Waals surface area contributed by atoms with Gasteiger partial charge in [-0.05, 0) is 32.9 Å². The molecule has 0 bridgehead atoms. The summed E-state index contributed by atoms with van der Waals surface area (Å²) in [5.74, 6) is -0.329. The lowest BCUT2D eigenvalue weighted by Gasteiger charge is -2.23. The molecule has 1 rings (SSSR count). The Balaban J connectivity index is 0.00000129. The van der Waals surface area contributed by atoms with E-state index in [0.717, 1.165) is 12.5 Å². The van der Waals surface area contributed by atoms with Crippen molar-refractivity contribution in [3.63, 3.8) is 0 Å². The van der Waals surface area contributed by atoms with Crippen LogP contribution in [0.5, 0.6) is 5.75 Å². The summed E-state index contributed by atoms with van der Waals surface area (Å²) in [6, 6.07) is 5.58. The number of hydrogen-bond acceptors (Lipinski definition) is 5. The standard InChI is InChI=1S/C16H26N2O3.C2H4O2/c1-5-20-13(3)11-18(4)16(19)14-10-12(2)6-7-15(14)21-9-8-17;1-2(3)4/h6-7,10,13H,5,8-9,11,17H2,1-4H3;1H3,(H,3,4). The first-order valence-electron chi connectivity index (χ1n) is 8.23. The molecule has 0 spiro atoms. The third-order valence-electron chi connectivity index (χ3n) is 3.07. The molecular weight excluding hydrogens is 324 g/mol. The van der Waals surface area contributed by atoms with Gasteiger partial charge in [-0.3, -0.25) is 9.59 Å². The normalized spacial score (nSPS) is 11.1. The van der Waals surface area contributed by atoms with Crippen LogP contribution in [-0.2, 0) is 9.53 Å². The lowest BCUT2D eigenvalue weighted by atomic mass is 10.1. The molecule has 0 saturated carbocycles. The predicted octanol–water partition coefficient (Wildman–Crippen LogP) is 1.92. The average molecular weight is 354 g/mol. The predicted molar refractivity (Wildman–Crippen MR) is 97.1 cm³/mol. The van der Waals surface area contributed by atoms with Crippen LogP contribution in [-0.4, -0.2) is 61.3 Å². The Labute approximate surface area is 149 Å². The molecule has 0 aliphatic carbocycles. The van der Waals surface area contributed by atoms with Crippen molar-refractivity contribution >= 4 is 11.9 Å². The van der Waals surface area contributed by atoms with Gasteiger partial charge >= 0.3 is 0 Å². The van der Waals surface area contributed by atoms with Crippen molar-refractivity contribution in [2.45, 2.75) is 33.8 Å². The van der Waals surface area contributed by atoms with Crippen LogP contribution in [0.15, 0.2) is 18.2 Å². The zero-order valence-corrected chi connectivity index (χ0v) is 15.7. The van der Waals surface area contributed by atoms with Gasteiger partial charge in [0.25, 0.3) is 11.9 Å². The first kappa shape index (κ1) is 22.9. The highest BCUT2D eigenvalue weighted by Gasteiger charge is 2.19. The second kappa shape index (κ2) is 12.3. The van der Waals surface area contributed by atoms with E-state index >= 15 is 0 Å². The lowest BCUT2D eigenvalue weighted by Crippen LogP contribution is -2.34. The molecule has 0 aliphatic rings. The van der Waals surface area contributed by atoms with Crippen molar-refractivity contribution in [2.75, 3.05) is 33.4 Å². The van der Waals surface area contributed by atoms with Crippen molar-refractivity contribution in [1.29, 1.82) is 0 Å². The zero-order valence-electron chi connectivity index (χ0n) is 15.7. The minimum Gasteiger partial charge on any atom is -0.491 e. The van der Waals surface area contributed by atoms with E-state index in [1.807, 2.05) is 39.0 Å². The molecule has 7 nitrogen and oxygen atoms in total. The van der Waals surface area contributed by atoms with E-state index < -0.39 is 5.97 Å². The van der Waals surface area contributed by atoms with Gasteiger partial charge in [0.1, 0.15) is 12.4 Å². The van der Waals surface area contributed by atoms with Crippen LogP contribution in [0.2, 0.25) is 0 Å². The molecule has 0 fully saturated rings. The summed E-state index contributed by atoms with van der Waals surface area (Å²) in [4.78, 5) is 23.2. The SMILES string of the molecule is CC(=O)O.CCOC(C)CN(C)C(=O)c1cc(C)ccc1OCCN. The Morgan fingerprint density at radius 2 is 1.96 bits per heavy atom. The second-order valence-corrected chi connectivity index (χ2v) is 5.61. The van der Waals surface area contributed by atoms with Crippen molar-refractivity contribution in [2.24, 2.45) is 5.73 Å². The van der Waals surface area contributed by atoms with Gasteiger partial charge in [-0.1, -0.05) is 11.6 Å². The minimum atomic E-state index is -0.833. The highest BCUT2D eigenvalue weighted by molar-refractivity contribution is 5.97. The van der Waals surface area contributed by atoms with E-state index in [9.17, 15) is 4.79 Å². The number of carboxylic acid groups (broad SMARTS) is 1. The minimum absolute atomic E-state index is 0.00201. The number of aliphatic carboxylic acids is 1. The Hall–Kier alpha value is -2.12. The summed E-state index contributed by atoms with van der Waals surface area (Å²) in [7, 11) is 1.77. The van der Waals surface area contributed by atoms with Crippen LogP contribution in [0.4, 0.5) is 0 Å². The number of amides is 1. The summed E-state index contributed by atoms with van der Waals surface area (Å²) in [6.07, 6.45) is 0.00201. The van der Waals surface area contributed by atoms with Crippen molar-refractivity contribution in [3.05, 3.63) is 29.3 Å². The molecule has 1 atom stereocenters. The molecule has 1 aromatic carbocycles. The summed E-state index contributed by atoms with van der Waals surface area (Å²) in [6.45, 7) is 8.91. The number of likely N-dealkylation sites (N-methyl/N-ethyl adjacent to an activating group) is 1. The molecule has 0 saturated heterocycles. The van der Waals surface area contributed by atoms with Gasteiger partial charge in [0.05, 0.1) is 11.7 Å².